The number of likely N-dealkylation sites (N-methyl/N-ethyl adjacent to an activating group) is 2. The summed E-state index contributed by atoms with van der Waals surface area (Å²) in [5, 5.41) is 5.84. The van der Waals surface area contributed by atoms with Gasteiger partial charge in [-0.2, -0.15) is 4.31 Å². The zero-order valence-electron chi connectivity index (χ0n) is 22.1. The number of methoxy groups -OCH3 is 1. The molecule has 1 aliphatic heterocycles. The maximum absolute atomic E-state index is 12.7. The summed E-state index contributed by atoms with van der Waals surface area (Å²) in [5.41, 5.74) is 1.25. The van der Waals surface area contributed by atoms with Crippen LogP contribution in [0.1, 0.15) is 43.2 Å². The summed E-state index contributed by atoms with van der Waals surface area (Å²) in [6.45, 7) is 8.64. The third-order valence-electron chi connectivity index (χ3n) is 6.64. The number of carbonyl (C=O) groups is 1. The van der Waals surface area contributed by atoms with Gasteiger partial charge in [0.25, 0.3) is 0 Å². The Labute approximate surface area is 211 Å². The van der Waals surface area contributed by atoms with Crippen LogP contribution in [0.5, 0.6) is 5.75 Å². The van der Waals surface area contributed by atoms with Gasteiger partial charge in [0.05, 0.1) is 18.6 Å². The second-order valence-corrected chi connectivity index (χ2v) is 11.2. The molecule has 0 aromatic heterocycles. The lowest BCUT2D eigenvalue weighted by atomic mass is 9.94. The highest BCUT2D eigenvalue weighted by Crippen LogP contribution is 2.27. The van der Waals surface area contributed by atoms with Gasteiger partial charge in [0, 0.05) is 52.9 Å². The molecule has 2 aliphatic rings. The van der Waals surface area contributed by atoms with Crippen molar-refractivity contribution in [3.8, 4) is 5.75 Å². The maximum Gasteiger partial charge on any atom is 0.245 e. The third kappa shape index (κ3) is 9.02. The lowest BCUT2D eigenvalue weighted by Crippen LogP contribution is -2.48. The van der Waals surface area contributed by atoms with Crippen LogP contribution in [-0.2, 0) is 19.6 Å². The Morgan fingerprint density at radius 2 is 1.74 bits per heavy atom. The van der Waals surface area contributed by atoms with E-state index < -0.39 is 10.0 Å². The fraction of sp³-hybridized carbons (Fsp3) is 0.720. The molecule has 35 heavy (non-hydrogen) atoms. The second kappa shape index (κ2) is 14.7. The molecule has 0 bridgehead atoms. The molecule has 0 spiro atoms. The monoisotopic (exact) mass is 512 g/mol. The fourth-order valence-electron chi connectivity index (χ4n) is 4.63. The molecule has 0 unspecified atom stereocenters. The van der Waals surface area contributed by atoms with Gasteiger partial charge in [-0.25, -0.2) is 8.42 Å². The minimum Gasteiger partial charge on any atom is -0.497 e. The van der Waals surface area contributed by atoms with Crippen molar-refractivity contribution in [2.75, 3.05) is 67.1 Å². The zero-order valence-corrected chi connectivity index (χ0v) is 22.9. The van der Waals surface area contributed by atoms with Gasteiger partial charge in [0.2, 0.25) is 15.9 Å². The summed E-state index contributed by atoms with van der Waals surface area (Å²) >= 11 is 0. The summed E-state index contributed by atoms with van der Waals surface area (Å²) < 4.78 is 36.9. The Bertz CT molecular complexity index is 858. The minimum atomic E-state index is -3.63. The SMILES string of the molecule is C1CCC(N2CCNCC2)CC1.CNC(=O)COCCN(C)S(=O)(=O)c1c(C)cc(OC)cc1C. The average Bonchev–Trinajstić information content (AvgIpc) is 2.87. The highest BCUT2D eigenvalue weighted by atomic mass is 32.2. The average molecular weight is 513 g/mol. The van der Waals surface area contributed by atoms with E-state index in [4.69, 9.17) is 9.47 Å². The fourth-order valence-corrected chi connectivity index (χ4v) is 6.19. The Kier molecular flexibility index (Phi) is 12.4. The molecule has 3 rings (SSSR count). The van der Waals surface area contributed by atoms with Crippen LogP contribution >= 0.6 is 0 Å². The number of piperazine rings is 1. The molecule has 2 N–H and O–H groups in total. The molecule has 10 heteroatoms. The van der Waals surface area contributed by atoms with E-state index >= 15 is 0 Å². The molecule has 200 valence electrons. The zero-order chi connectivity index (χ0) is 25.8. The first-order chi connectivity index (χ1) is 16.7. The van der Waals surface area contributed by atoms with E-state index in [9.17, 15) is 13.2 Å². The second-order valence-electron chi connectivity index (χ2n) is 9.22. The van der Waals surface area contributed by atoms with Crippen molar-refractivity contribution < 1.29 is 22.7 Å². The molecule has 2 fully saturated rings. The van der Waals surface area contributed by atoms with E-state index in [1.165, 1.54) is 83.8 Å². The first-order valence-electron chi connectivity index (χ1n) is 12.5. The number of nitrogens with one attached hydrogen (secondary N) is 2. The molecule has 0 atom stereocenters. The normalized spacial score (nSPS) is 17.5. The van der Waals surface area contributed by atoms with Gasteiger partial charge < -0.3 is 20.1 Å². The van der Waals surface area contributed by atoms with Crippen molar-refractivity contribution in [3.63, 3.8) is 0 Å². The smallest absolute Gasteiger partial charge is 0.245 e. The summed E-state index contributed by atoms with van der Waals surface area (Å²) in [4.78, 5) is 14.0. The summed E-state index contributed by atoms with van der Waals surface area (Å²) in [5.74, 6) is 0.368. The van der Waals surface area contributed by atoms with E-state index in [0.717, 1.165) is 6.04 Å². The Morgan fingerprint density at radius 3 is 2.29 bits per heavy atom. The standard InChI is InChI=1S/C15H24N2O5S.C10H20N2/c1-11-8-13(21-5)9-12(2)15(11)23(19,20)17(4)6-7-22-10-14(18)16-3;1-2-4-10(5-3-1)12-8-6-11-7-9-12/h8-9H,6-7,10H2,1-5H3,(H,16,18);10-11H,1-9H2. The third-order valence-corrected chi connectivity index (χ3v) is 8.81. The molecule has 1 aliphatic carbocycles. The van der Waals surface area contributed by atoms with Crippen LogP contribution in [0, 0.1) is 13.8 Å². The Hall–Kier alpha value is -1.72. The minimum absolute atomic E-state index is 0.0923. The van der Waals surface area contributed by atoms with Crippen LogP contribution in [-0.4, -0.2) is 96.7 Å². The molecule has 1 aromatic carbocycles. The molecule has 1 amide bonds. The largest absolute Gasteiger partial charge is 0.497 e. The van der Waals surface area contributed by atoms with Crippen LogP contribution in [0.25, 0.3) is 0 Å². The molecule has 1 saturated heterocycles. The Balaban J connectivity index is 0.000000298. The van der Waals surface area contributed by atoms with Crippen LogP contribution in [0.4, 0.5) is 0 Å². The molecule has 9 nitrogen and oxygen atoms in total. The van der Waals surface area contributed by atoms with Crippen molar-refractivity contribution in [3.05, 3.63) is 23.3 Å². The van der Waals surface area contributed by atoms with E-state index in [1.54, 1.807) is 26.0 Å². The van der Waals surface area contributed by atoms with E-state index in [0.29, 0.717) is 16.9 Å². The van der Waals surface area contributed by atoms with E-state index in [-0.39, 0.29) is 30.6 Å². The number of carbonyl (C=O) groups excluding carboxylic acids is 1. The summed E-state index contributed by atoms with van der Waals surface area (Å²) in [6, 6.07) is 4.31. The summed E-state index contributed by atoms with van der Waals surface area (Å²) in [6.07, 6.45) is 7.33. The lowest BCUT2D eigenvalue weighted by Gasteiger charge is -2.36. The van der Waals surface area contributed by atoms with E-state index in [2.05, 4.69) is 15.5 Å². The maximum atomic E-state index is 12.7. The first kappa shape index (κ1) is 29.5. The number of hydrogen-bond donors (Lipinski definition) is 2. The first-order valence-corrected chi connectivity index (χ1v) is 14.0. The number of benzene rings is 1. The quantitative estimate of drug-likeness (QED) is 0.488. The molecular formula is C25H44N4O5S. The number of aryl methyl sites for hydroxylation is 2. The van der Waals surface area contributed by atoms with Gasteiger partial charge in [0.15, 0.2) is 0 Å². The highest BCUT2D eigenvalue weighted by Gasteiger charge is 2.25. The van der Waals surface area contributed by atoms with Gasteiger partial charge in [-0.3, -0.25) is 9.69 Å². The number of rotatable bonds is 9. The molecule has 1 heterocycles. The van der Waals surface area contributed by atoms with Gasteiger partial charge >= 0.3 is 0 Å². The van der Waals surface area contributed by atoms with Gasteiger partial charge in [0.1, 0.15) is 12.4 Å². The number of amides is 1. The van der Waals surface area contributed by atoms with Crippen LogP contribution in [0.2, 0.25) is 0 Å². The van der Waals surface area contributed by atoms with Crippen LogP contribution in [0.15, 0.2) is 17.0 Å². The number of hydrogen-bond acceptors (Lipinski definition) is 7. The highest BCUT2D eigenvalue weighted by molar-refractivity contribution is 7.89. The molecule has 1 aromatic rings. The van der Waals surface area contributed by atoms with Crippen molar-refractivity contribution in [2.24, 2.45) is 0 Å². The van der Waals surface area contributed by atoms with Crippen molar-refractivity contribution in [1.82, 2.24) is 19.8 Å². The topological polar surface area (TPSA) is 100 Å². The van der Waals surface area contributed by atoms with Gasteiger partial charge in [-0.15, -0.1) is 0 Å². The van der Waals surface area contributed by atoms with Gasteiger partial charge in [-0.1, -0.05) is 19.3 Å². The number of nitrogens with zero attached hydrogens (tertiary/aromatic N) is 2. The van der Waals surface area contributed by atoms with Crippen molar-refractivity contribution in [1.29, 1.82) is 0 Å². The molecule has 1 saturated carbocycles. The van der Waals surface area contributed by atoms with E-state index in [1.807, 2.05) is 0 Å². The van der Waals surface area contributed by atoms with Gasteiger partial charge in [-0.05, 0) is 49.9 Å². The predicted molar refractivity (Wildman–Crippen MR) is 138 cm³/mol. The van der Waals surface area contributed by atoms with Crippen LogP contribution < -0.4 is 15.4 Å². The predicted octanol–water partition coefficient (Wildman–Crippen LogP) is 1.92. The lowest BCUT2D eigenvalue weighted by molar-refractivity contribution is -0.125. The van der Waals surface area contributed by atoms with Crippen LogP contribution in [0.3, 0.4) is 0 Å². The number of sulfonamides is 1. The number of ether oxygens (including phenoxy) is 2. The summed E-state index contributed by atoms with van der Waals surface area (Å²) in [7, 11) is 0.905. The van der Waals surface area contributed by atoms with Crippen molar-refractivity contribution >= 4 is 15.9 Å². The molecule has 0 radical (unpaired) electrons. The Morgan fingerprint density at radius 1 is 1.14 bits per heavy atom. The van der Waals surface area contributed by atoms with Crippen molar-refractivity contribution in [2.45, 2.75) is 56.9 Å². The molecular weight excluding hydrogens is 468 g/mol.